The Labute approximate surface area is 124 Å². The minimum absolute atomic E-state index is 0.0838. The molecule has 0 aliphatic carbocycles. The topological polar surface area (TPSA) is 50.7 Å². The molecule has 4 nitrogen and oxygen atoms in total. The highest BCUT2D eigenvalue weighted by molar-refractivity contribution is 7.05. The highest BCUT2D eigenvalue weighted by Gasteiger charge is 2.36. The summed E-state index contributed by atoms with van der Waals surface area (Å²) in [5.74, 6) is 0.0839. The summed E-state index contributed by atoms with van der Waals surface area (Å²) in [5.41, 5.74) is 0.0942. The summed E-state index contributed by atoms with van der Waals surface area (Å²) in [6.45, 7) is 3.86. The van der Waals surface area contributed by atoms with Gasteiger partial charge in [-0.1, -0.05) is 18.3 Å². The van der Waals surface area contributed by atoms with Crippen LogP contribution in [0.25, 0.3) is 0 Å². The first-order valence-electron chi connectivity index (χ1n) is 6.36. The van der Waals surface area contributed by atoms with Gasteiger partial charge in [-0.05, 0) is 30.6 Å². The average molecular weight is 316 g/mol. The van der Waals surface area contributed by atoms with Gasteiger partial charge in [0.2, 0.25) is 0 Å². The van der Waals surface area contributed by atoms with E-state index in [0.29, 0.717) is 10.6 Å². The normalized spacial score (nSPS) is 13.7. The van der Waals surface area contributed by atoms with Crippen LogP contribution in [-0.2, 0) is 6.18 Å². The summed E-state index contributed by atoms with van der Waals surface area (Å²) in [6, 6.07) is 0.358. The molecule has 2 heterocycles. The number of nitrogens with one attached hydrogen (secondary N) is 1. The van der Waals surface area contributed by atoms with E-state index in [9.17, 15) is 13.2 Å². The molecule has 0 amide bonds. The molecule has 0 spiro atoms. The number of nitrogens with zero attached hydrogens (tertiary/aromatic N) is 3. The Bertz CT molecular complexity index is 609. The minimum Gasteiger partial charge on any atom is -0.308 e. The Morgan fingerprint density at radius 2 is 2.00 bits per heavy atom. The smallest absolute Gasteiger partial charge is 0.308 e. The molecule has 114 valence electrons. The van der Waals surface area contributed by atoms with Gasteiger partial charge in [0.15, 0.2) is 0 Å². The first-order chi connectivity index (χ1) is 9.86. The molecule has 2 rings (SSSR count). The largest absolute Gasteiger partial charge is 0.416 e. The van der Waals surface area contributed by atoms with E-state index in [1.54, 1.807) is 7.05 Å². The average Bonchev–Trinajstić information content (AvgIpc) is 2.88. The van der Waals surface area contributed by atoms with Crippen LogP contribution in [0.15, 0.2) is 18.5 Å². The van der Waals surface area contributed by atoms with Crippen LogP contribution < -0.4 is 5.32 Å². The van der Waals surface area contributed by atoms with E-state index in [-0.39, 0.29) is 11.5 Å². The number of halogens is 3. The molecule has 0 bridgehead atoms. The maximum absolute atomic E-state index is 13.2. The zero-order valence-electron chi connectivity index (χ0n) is 11.8. The molecule has 0 aliphatic heterocycles. The third-order valence-electron chi connectivity index (χ3n) is 3.11. The van der Waals surface area contributed by atoms with Crippen molar-refractivity contribution in [1.82, 2.24) is 19.9 Å². The van der Waals surface area contributed by atoms with Gasteiger partial charge in [0.25, 0.3) is 0 Å². The van der Waals surface area contributed by atoms with Crippen molar-refractivity contribution in [2.24, 2.45) is 0 Å². The second kappa shape index (κ2) is 6.07. The molecule has 2 aromatic heterocycles. The summed E-state index contributed by atoms with van der Waals surface area (Å²) in [7, 11) is 1.61. The van der Waals surface area contributed by atoms with Crippen LogP contribution in [0.1, 0.15) is 47.5 Å². The van der Waals surface area contributed by atoms with Crippen LogP contribution in [0.4, 0.5) is 13.2 Å². The summed E-state index contributed by atoms with van der Waals surface area (Å²) in [4.78, 5) is 4.52. The maximum atomic E-state index is 13.2. The lowest BCUT2D eigenvalue weighted by molar-refractivity contribution is -0.138. The van der Waals surface area contributed by atoms with Crippen molar-refractivity contribution in [3.63, 3.8) is 0 Å². The number of alkyl halides is 3. The van der Waals surface area contributed by atoms with Crippen molar-refractivity contribution in [1.29, 1.82) is 0 Å². The van der Waals surface area contributed by atoms with E-state index >= 15 is 0 Å². The van der Waals surface area contributed by atoms with Gasteiger partial charge in [0.1, 0.15) is 0 Å². The predicted molar refractivity (Wildman–Crippen MR) is 74.1 cm³/mol. The third-order valence-corrected chi connectivity index (χ3v) is 3.91. The van der Waals surface area contributed by atoms with Crippen molar-refractivity contribution in [2.75, 3.05) is 7.05 Å². The molecular formula is C13H15F3N4S. The second-order valence-corrected chi connectivity index (χ2v) is 5.65. The Kier molecular flexibility index (Phi) is 4.58. The molecule has 21 heavy (non-hydrogen) atoms. The lowest BCUT2D eigenvalue weighted by atomic mass is 9.97. The summed E-state index contributed by atoms with van der Waals surface area (Å²) < 4.78 is 43.4. The Morgan fingerprint density at radius 1 is 1.29 bits per heavy atom. The molecule has 0 saturated carbocycles. The maximum Gasteiger partial charge on any atom is 0.416 e. The summed E-state index contributed by atoms with van der Waals surface area (Å²) in [6.07, 6.45) is -2.04. The van der Waals surface area contributed by atoms with Crippen molar-refractivity contribution in [3.05, 3.63) is 40.2 Å². The first kappa shape index (κ1) is 15.8. The van der Waals surface area contributed by atoms with Crippen LogP contribution in [0.5, 0.6) is 0 Å². The highest BCUT2D eigenvalue weighted by atomic mass is 32.1. The molecule has 0 aliphatic rings. The van der Waals surface area contributed by atoms with E-state index in [2.05, 4.69) is 19.9 Å². The fourth-order valence-electron chi connectivity index (χ4n) is 2.13. The lowest BCUT2D eigenvalue weighted by Crippen LogP contribution is -2.22. The Morgan fingerprint density at radius 3 is 2.57 bits per heavy atom. The minimum atomic E-state index is -4.43. The Balaban J connectivity index is 2.55. The van der Waals surface area contributed by atoms with Crippen LogP contribution in [0.2, 0.25) is 0 Å². The zero-order chi connectivity index (χ0) is 15.6. The zero-order valence-corrected chi connectivity index (χ0v) is 12.6. The van der Waals surface area contributed by atoms with E-state index in [1.807, 2.05) is 13.8 Å². The van der Waals surface area contributed by atoms with Crippen molar-refractivity contribution >= 4 is 11.5 Å². The van der Waals surface area contributed by atoms with E-state index in [1.165, 1.54) is 6.20 Å². The molecule has 0 aromatic carbocycles. The number of hydrogen-bond acceptors (Lipinski definition) is 5. The van der Waals surface area contributed by atoms with Gasteiger partial charge in [-0.25, -0.2) is 0 Å². The number of hydrogen-bond donors (Lipinski definition) is 1. The summed E-state index contributed by atoms with van der Waals surface area (Å²) in [5, 5.41) is 6.95. The third kappa shape index (κ3) is 3.21. The van der Waals surface area contributed by atoms with Crippen molar-refractivity contribution in [2.45, 2.75) is 32.0 Å². The Hall–Kier alpha value is -1.54. The lowest BCUT2D eigenvalue weighted by Gasteiger charge is -2.20. The fraction of sp³-hybridized carbons (Fsp3) is 0.462. The molecule has 0 saturated heterocycles. The van der Waals surface area contributed by atoms with Gasteiger partial charge in [0.05, 0.1) is 22.2 Å². The van der Waals surface area contributed by atoms with Crippen LogP contribution in [-0.4, -0.2) is 21.6 Å². The van der Waals surface area contributed by atoms with Gasteiger partial charge in [-0.15, -0.1) is 5.10 Å². The van der Waals surface area contributed by atoms with Crippen LogP contribution in [0.3, 0.4) is 0 Å². The molecule has 0 fully saturated rings. The van der Waals surface area contributed by atoms with Gasteiger partial charge >= 0.3 is 6.18 Å². The van der Waals surface area contributed by atoms with E-state index < -0.39 is 17.8 Å². The van der Waals surface area contributed by atoms with Gasteiger partial charge in [-0.2, -0.15) is 13.2 Å². The standard InChI is InChI=1S/C13H15F3N4S/c1-7(2)10-12(21-20-19-10)11(17-3)8-6-18-5-4-9(8)13(14,15)16/h4-7,11,17H,1-3H3. The van der Waals surface area contributed by atoms with Crippen LogP contribution >= 0.6 is 11.5 Å². The first-order valence-corrected chi connectivity index (χ1v) is 7.14. The van der Waals surface area contributed by atoms with Crippen LogP contribution in [0, 0.1) is 0 Å². The van der Waals surface area contributed by atoms with Crippen molar-refractivity contribution < 1.29 is 13.2 Å². The number of rotatable bonds is 4. The van der Waals surface area contributed by atoms with Crippen molar-refractivity contribution in [3.8, 4) is 0 Å². The molecule has 2 aromatic rings. The predicted octanol–water partition coefficient (Wildman–Crippen LogP) is 3.38. The fourth-order valence-corrected chi connectivity index (χ4v) is 3.06. The molecular weight excluding hydrogens is 301 g/mol. The SMILES string of the molecule is CNC(c1cnccc1C(F)(F)F)c1snnc1C(C)C. The number of aromatic nitrogens is 3. The molecule has 0 radical (unpaired) electrons. The number of pyridine rings is 1. The summed E-state index contributed by atoms with van der Waals surface area (Å²) >= 11 is 1.11. The molecule has 8 heteroatoms. The molecule has 1 unspecified atom stereocenters. The van der Waals surface area contributed by atoms with E-state index in [4.69, 9.17) is 0 Å². The second-order valence-electron chi connectivity index (χ2n) is 4.86. The molecule has 1 N–H and O–H groups in total. The quantitative estimate of drug-likeness (QED) is 0.939. The molecule has 1 atom stereocenters. The monoisotopic (exact) mass is 316 g/mol. The van der Waals surface area contributed by atoms with Gasteiger partial charge < -0.3 is 5.32 Å². The highest BCUT2D eigenvalue weighted by Crippen LogP contribution is 2.38. The van der Waals surface area contributed by atoms with E-state index in [0.717, 1.165) is 23.8 Å². The van der Waals surface area contributed by atoms with Gasteiger partial charge in [0, 0.05) is 18.0 Å². The van der Waals surface area contributed by atoms with Gasteiger partial charge in [-0.3, -0.25) is 4.98 Å².